The summed E-state index contributed by atoms with van der Waals surface area (Å²) in [6.45, 7) is 2.00. The molecule has 0 rings (SSSR count). The Morgan fingerprint density at radius 3 is 1.50 bits per heavy atom. The first kappa shape index (κ1) is 16.0. The molecule has 0 aliphatic heterocycles. The Hall–Kier alpha value is 0.960. The topological polar surface area (TPSA) is 74.6 Å². The minimum Gasteiger partial charge on any atom is -1.00 e. The Kier molecular flexibility index (Phi) is 15.9. The molecule has 7 heteroatoms. The van der Waals surface area contributed by atoms with Crippen molar-refractivity contribution in [3.8, 4) is 0 Å². The van der Waals surface area contributed by atoms with Crippen LogP contribution >= 0.6 is 0 Å². The van der Waals surface area contributed by atoms with E-state index < -0.39 is 9.05 Å². The molecule has 0 unspecified atom stereocenters. The van der Waals surface area contributed by atoms with Gasteiger partial charge in [0.05, 0.1) is 0 Å². The molecule has 46 valence electrons. The van der Waals surface area contributed by atoms with Crippen LogP contribution in [0.25, 0.3) is 0 Å². The van der Waals surface area contributed by atoms with Gasteiger partial charge in [-0.15, -0.1) is 0 Å². The quantitative estimate of drug-likeness (QED) is 0.369. The normalized spacial score (nSPS) is 7.75. The Labute approximate surface area is 75.8 Å². The summed E-state index contributed by atoms with van der Waals surface area (Å²) in [7, 11) is -3.83. The molecule has 0 atom stereocenters. The first-order valence-corrected chi connectivity index (χ1v) is 3.38. The van der Waals surface area contributed by atoms with Gasteiger partial charge in [-0.1, -0.05) is 0 Å². The molecule has 0 aromatic rings. The minimum absolute atomic E-state index is 0. The molecule has 0 fully saturated rings. The van der Waals surface area contributed by atoms with Crippen molar-refractivity contribution in [2.45, 2.75) is 0 Å². The van der Waals surface area contributed by atoms with E-state index in [4.69, 9.17) is 18.1 Å². The Morgan fingerprint density at radius 2 is 1.50 bits per heavy atom. The average Bonchev–Trinajstić information content (AvgIpc) is 1.36. The number of carbonyl (C=O) groups excluding carboxylic acids is 1. The van der Waals surface area contributed by atoms with Crippen molar-refractivity contribution in [3.05, 3.63) is 0 Å². The number of carbonyl (C=O) groups is 1. The molecule has 0 amide bonds. The fourth-order valence-corrected chi connectivity index (χ4v) is 0. The summed E-state index contributed by atoms with van der Waals surface area (Å²) < 4.78 is 24.0. The van der Waals surface area contributed by atoms with Gasteiger partial charge in [0.15, 0.2) is 0 Å². The molecule has 0 saturated heterocycles. The van der Waals surface area contributed by atoms with Crippen LogP contribution < -0.4 is 29.6 Å². The average molecular weight is 168 g/mol. The van der Waals surface area contributed by atoms with Gasteiger partial charge in [0.1, 0.15) is 6.79 Å². The van der Waals surface area contributed by atoms with Crippen molar-refractivity contribution >= 4 is 27.0 Å². The standard InChI is InChI=1S/CH2O.Na.H2O3S2.H/c1-2;;1-5(2,3)4;/h1H2;;(H2,1,2,3,4);/q;+1;;-1. The van der Waals surface area contributed by atoms with Crippen molar-refractivity contribution in [1.82, 2.24) is 0 Å². The maximum atomic E-state index is 9.11. The van der Waals surface area contributed by atoms with Gasteiger partial charge in [0, 0.05) is 11.2 Å². The predicted molar refractivity (Wildman–Crippen MR) is 29.0 cm³/mol. The van der Waals surface area contributed by atoms with Crippen LogP contribution in [0, 0.1) is 0 Å². The first-order chi connectivity index (χ1) is 3.00. The third-order valence-electron chi connectivity index (χ3n) is 0. The van der Waals surface area contributed by atoms with E-state index in [1.165, 1.54) is 0 Å². The molecular formula is CH5NaO4S2. The molecule has 0 heterocycles. The summed E-state index contributed by atoms with van der Waals surface area (Å²) in [5, 5.41) is 0. The molecule has 0 aromatic heterocycles. The van der Waals surface area contributed by atoms with Gasteiger partial charge in [-0.05, 0) is 0 Å². The van der Waals surface area contributed by atoms with Crippen LogP contribution in [0.1, 0.15) is 1.43 Å². The molecule has 0 saturated carbocycles. The van der Waals surface area contributed by atoms with Crippen molar-refractivity contribution in [2.75, 3.05) is 0 Å². The zero-order valence-corrected chi connectivity index (χ0v) is 7.87. The number of rotatable bonds is 0. The van der Waals surface area contributed by atoms with E-state index in [1.54, 1.807) is 0 Å². The first-order valence-electron chi connectivity index (χ1n) is 0.987. The number of hydrogen-bond acceptors (Lipinski definition) is 3. The number of hydrogen-bond donors (Lipinski definition) is 2. The Bertz CT molecular complexity index is 113. The minimum atomic E-state index is -3.83. The molecule has 0 radical (unpaired) electrons. The van der Waals surface area contributed by atoms with Crippen LogP contribution in [-0.2, 0) is 25.0 Å². The predicted octanol–water partition coefficient (Wildman–Crippen LogP) is -3.39. The van der Waals surface area contributed by atoms with E-state index in [9.17, 15) is 0 Å². The monoisotopic (exact) mass is 168 g/mol. The van der Waals surface area contributed by atoms with Gasteiger partial charge in [0.2, 0.25) is 0 Å². The zero-order valence-electron chi connectivity index (χ0n) is 5.23. The molecule has 0 bridgehead atoms. The fourth-order valence-electron chi connectivity index (χ4n) is 0. The second-order valence-electron chi connectivity index (χ2n) is 0.448. The van der Waals surface area contributed by atoms with Crippen LogP contribution in [0.2, 0.25) is 0 Å². The largest absolute Gasteiger partial charge is 1.00 e. The van der Waals surface area contributed by atoms with Crippen molar-refractivity contribution < 1.29 is 49.1 Å². The van der Waals surface area contributed by atoms with E-state index >= 15 is 0 Å². The molecule has 0 aromatic carbocycles. The van der Waals surface area contributed by atoms with Crippen LogP contribution in [0.15, 0.2) is 0 Å². The Morgan fingerprint density at radius 1 is 1.50 bits per heavy atom. The second-order valence-corrected chi connectivity index (χ2v) is 2.65. The molecule has 2 N–H and O–H groups in total. The third-order valence-corrected chi connectivity index (χ3v) is 0. The van der Waals surface area contributed by atoms with E-state index in [0.29, 0.717) is 0 Å². The van der Waals surface area contributed by atoms with Crippen LogP contribution in [0.3, 0.4) is 0 Å². The summed E-state index contributed by atoms with van der Waals surface area (Å²) >= 11 is 3.47. The van der Waals surface area contributed by atoms with Crippen molar-refractivity contribution in [2.24, 2.45) is 0 Å². The zero-order chi connectivity index (χ0) is 6.50. The summed E-state index contributed by atoms with van der Waals surface area (Å²) in [6, 6.07) is 0. The summed E-state index contributed by atoms with van der Waals surface area (Å²) in [4.78, 5) is 8.00. The van der Waals surface area contributed by atoms with Gasteiger partial charge in [0.25, 0.3) is 9.05 Å². The van der Waals surface area contributed by atoms with E-state index in [0.717, 1.165) is 0 Å². The maximum absolute atomic E-state index is 9.11. The van der Waals surface area contributed by atoms with E-state index in [1.807, 2.05) is 6.79 Å². The SMILES string of the molecule is C=O.O=S(O)(O)=S.[H-].[Na+]. The van der Waals surface area contributed by atoms with Crippen LogP contribution in [-0.4, -0.2) is 20.1 Å². The fraction of sp³-hybridized carbons (Fsp3) is 0. The van der Waals surface area contributed by atoms with Crippen molar-refractivity contribution in [3.63, 3.8) is 0 Å². The third kappa shape index (κ3) is 268. The van der Waals surface area contributed by atoms with Gasteiger partial charge < -0.3 is 6.22 Å². The van der Waals surface area contributed by atoms with Crippen LogP contribution in [0.5, 0.6) is 0 Å². The smallest absolute Gasteiger partial charge is 1.00 e. The molecule has 0 aliphatic rings. The van der Waals surface area contributed by atoms with Gasteiger partial charge in [-0.25, -0.2) is 0 Å². The van der Waals surface area contributed by atoms with Gasteiger partial charge in [-0.2, -0.15) is 4.21 Å². The van der Waals surface area contributed by atoms with Gasteiger partial charge in [-0.3, -0.25) is 9.11 Å². The molecule has 0 aliphatic carbocycles. The van der Waals surface area contributed by atoms with Crippen LogP contribution in [0.4, 0.5) is 0 Å². The van der Waals surface area contributed by atoms with Crippen molar-refractivity contribution in [1.29, 1.82) is 0 Å². The summed E-state index contributed by atoms with van der Waals surface area (Å²) in [5.74, 6) is 0. The summed E-state index contributed by atoms with van der Waals surface area (Å²) in [5.41, 5.74) is 0. The maximum Gasteiger partial charge on any atom is 1.00 e. The second kappa shape index (κ2) is 7.96. The molecule has 8 heavy (non-hydrogen) atoms. The molecule has 0 spiro atoms. The Balaban J connectivity index is -0.0000000286. The summed E-state index contributed by atoms with van der Waals surface area (Å²) in [6.07, 6.45) is 0. The molecular weight excluding hydrogens is 163 g/mol. The molecule has 4 nitrogen and oxygen atoms in total. The van der Waals surface area contributed by atoms with E-state index in [2.05, 4.69) is 11.2 Å². The van der Waals surface area contributed by atoms with Gasteiger partial charge >= 0.3 is 29.6 Å². The van der Waals surface area contributed by atoms with E-state index in [-0.39, 0.29) is 31.0 Å².